The van der Waals surface area contributed by atoms with E-state index in [1.54, 1.807) is 25.1 Å². The van der Waals surface area contributed by atoms with Gasteiger partial charge in [-0.05, 0) is 80.4 Å². The van der Waals surface area contributed by atoms with Crippen molar-refractivity contribution in [3.63, 3.8) is 0 Å². The van der Waals surface area contributed by atoms with E-state index < -0.39 is 28.5 Å². The summed E-state index contributed by atoms with van der Waals surface area (Å²) in [6.45, 7) is 5.02. The minimum atomic E-state index is -4.21. The van der Waals surface area contributed by atoms with Crippen molar-refractivity contribution in [2.45, 2.75) is 50.7 Å². The first-order valence-electron chi connectivity index (χ1n) is 12.7. The topological polar surface area (TPSA) is 96.0 Å². The molecule has 214 valence electrons. The second-order valence-electron chi connectivity index (χ2n) is 9.31. The number of nitrogens with one attached hydrogen (secondary N) is 1. The van der Waals surface area contributed by atoms with E-state index in [1.165, 1.54) is 42.3 Å². The van der Waals surface area contributed by atoms with E-state index in [0.29, 0.717) is 10.8 Å². The number of halogens is 2. The molecule has 0 aliphatic carbocycles. The van der Waals surface area contributed by atoms with Gasteiger partial charge in [-0.2, -0.15) is 0 Å². The van der Waals surface area contributed by atoms with Gasteiger partial charge in [-0.1, -0.05) is 52.7 Å². The highest BCUT2D eigenvalue weighted by Crippen LogP contribution is 2.28. The zero-order valence-electron chi connectivity index (χ0n) is 22.8. The molecule has 40 heavy (non-hydrogen) atoms. The molecule has 0 bridgehead atoms. The molecule has 0 aliphatic heterocycles. The van der Waals surface area contributed by atoms with E-state index in [9.17, 15) is 18.0 Å². The Hall–Kier alpha value is -3.08. The third-order valence-corrected chi connectivity index (χ3v) is 9.01. The van der Waals surface area contributed by atoms with E-state index in [4.69, 9.17) is 16.3 Å². The van der Waals surface area contributed by atoms with E-state index >= 15 is 0 Å². The highest BCUT2D eigenvalue weighted by atomic mass is 79.9. The summed E-state index contributed by atoms with van der Waals surface area (Å²) in [6, 6.07) is 18.6. The summed E-state index contributed by atoms with van der Waals surface area (Å²) in [5.74, 6) is -0.384. The van der Waals surface area contributed by atoms with Gasteiger partial charge in [-0.25, -0.2) is 8.42 Å². The summed E-state index contributed by atoms with van der Waals surface area (Å²) in [4.78, 5) is 28.4. The summed E-state index contributed by atoms with van der Waals surface area (Å²) in [6.07, 6.45) is 0.724. The van der Waals surface area contributed by atoms with Gasteiger partial charge < -0.3 is 15.0 Å². The number of ether oxygens (including phenoxy) is 1. The van der Waals surface area contributed by atoms with Crippen LogP contribution in [0.4, 0.5) is 5.69 Å². The molecule has 0 radical (unpaired) electrons. The Bertz CT molecular complexity index is 1420. The molecule has 0 aliphatic rings. The van der Waals surface area contributed by atoms with Crippen molar-refractivity contribution in [1.82, 2.24) is 10.2 Å². The van der Waals surface area contributed by atoms with E-state index in [0.717, 1.165) is 20.8 Å². The normalized spacial score (nSPS) is 12.8. The second-order valence-corrected chi connectivity index (χ2v) is 12.5. The van der Waals surface area contributed by atoms with Gasteiger partial charge in [0.1, 0.15) is 18.3 Å². The molecular formula is C29H33BrClN3O5S. The smallest absolute Gasteiger partial charge is 0.264 e. The Labute approximate surface area is 249 Å². The molecule has 2 amide bonds. The SMILES string of the molecule is CC[C@H](C)NC(=O)[C@@H](C)N(Cc1ccc(Br)cc1)C(=O)CN(c1cccc(Cl)c1)S(=O)(=O)c1ccc(OC)cc1. The van der Waals surface area contributed by atoms with E-state index in [-0.39, 0.29) is 29.1 Å². The molecule has 1 N–H and O–H groups in total. The molecule has 0 fully saturated rings. The van der Waals surface area contributed by atoms with Gasteiger partial charge in [-0.3, -0.25) is 13.9 Å². The second kappa shape index (κ2) is 14.0. The molecule has 0 saturated heterocycles. The molecule has 0 heterocycles. The lowest BCUT2D eigenvalue weighted by Crippen LogP contribution is -2.52. The Morgan fingerprint density at radius 1 is 1.02 bits per heavy atom. The van der Waals surface area contributed by atoms with Crippen LogP contribution in [0.3, 0.4) is 0 Å². The van der Waals surface area contributed by atoms with Crippen molar-refractivity contribution in [2.24, 2.45) is 0 Å². The molecule has 0 saturated carbocycles. The number of carbonyl (C=O) groups is 2. The first kappa shape index (κ1) is 31.4. The van der Waals surface area contributed by atoms with Crippen molar-refractivity contribution < 1.29 is 22.7 Å². The van der Waals surface area contributed by atoms with Crippen LogP contribution in [0.15, 0.2) is 82.2 Å². The third-order valence-electron chi connectivity index (χ3n) is 6.46. The van der Waals surface area contributed by atoms with Crippen molar-refractivity contribution in [1.29, 1.82) is 0 Å². The highest BCUT2D eigenvalue weighted by molar-refractivity contribution is 9.10. The van der Waals surface area contributed by atoms with Crippen molar-refractivity contribution in [2.75, 3.05) is 18.0 Å². The lowest BCUT2D eigenvalue weighted by molar-refractivity contribution is -0.139. The number of benzene rings is 3. The van der Waals surface area contributed by atoms with E-state index in [1.807, 2.05) is 38.1 Å². The molecule has 0 spiro atoms. The molecular weight excluding hydrogens is 618 g/mol. The van der Waals surface area contributed by atoms with Crippen LogP contribution in [0.2, 0.25) is 5.02 Å². The molecule has 2 atom stereocenters. The number of nitrogens with zero attached hydrogens (tertiary/aromatic N) is 2. The Morgan fingerprint density at radius 3 is 2.25 bits per heavy atom. The largest absolute Gasteiger partial charge is 0.497 e. The maximum absolute atomic E-state index is 13.9. The fourth-order valence-electron chi connectivity index (χ4n) is 3.87. The number of methoxy groups -OCH3 is 1. The van der Waals surface area contributed by atoms with Gasteiger partial charge in [0.25, 0.3) is 10.0 Å². The Morgan fingerprint density at radius 2 is 1.68 bits per heavy atom. The predicted molar refractivity (Wildman–Crippen MR) is 161 cm³/mol. The van der Waals surface area contributed by atoms with Crippen LogP contribution in [-0.4, -0.2) is 50.9 Å². The maximum atomic E-state index is 13.9. The minimum absolute atomic E-state index is 0.0249. The number of anilines is 1. The standard InChI is InChI=1S/C29H33BrClN3O5S/c1-5-20(2)32-29(36)21(3)33(18-22-9-11-23(30)12-10-22)28(35)19-34(25-8-6-7-24(31)17-25)40(37,38)27-15-13-26(39-4)14-16-27/h6-17,20-21H,5,18-19H2,1-4H3,(H,32,36)/t20-,21+/m0/s1. The molecule has 3 rings (SSSR count). The van der Waals surface area contributed by atoms with Crippen LogP contribution in [0.5, 0.6) is 5.75 Å². The van der Waals surface area contributed by atoms with E-state index in [2.05, 4.69) is 21.2 Å². The zero-order valence-corrected chi connectivity index (χ0v) is 26.0. The van der Waals surface area contributed by atoms with Crippen LogP contribution >= 0.6 is 27.5 Å². The third kappa shape index (κ3) is 7.99. The fourth-order valence-corrected chi connectivity index (χ4v) is 5.72. The van der Waals surface area contributed by atoms with Gasteiger partial charge in [0, 0.05) is 22.1 Å². The monoisotopic (exact) mass is 649 g/mol. The summed E-state index contributed by atoms with van der Waals surface area (Å²) < 4.78 is 34.8. The quantitative estimate of drug-likeness (QED) is 0.274. The number of hydrogen-bond acceptors (Lipinski definition) is 5. The number of hydrogen-bond donors (Lipinski definition) is 1. The van der Waals surface area contributed by atoms with Gasteiger partial charge >= 0.3 is 0 Å². The Balaban J connectivity index is 2.02. The molecule has 3 aromatic rings. The predicted octanol–water partition coefficient (Wildman–Crippen LogP) is 5.64. The molecule has 0 unspecified atom stereocenters. The number of carbonyl (C=O) groups excluding carboxylic acids is 2. The average molecular weight is 651 g/mol. The lowest BCUT2D eigenvalue weighted by atomic mass is 10.1. The average Bonchev–Trinajstić information content (AvgIpc) is 2.94. The van der Waals surface area contributed by atoms with Crippen LogP contribution in [-0.2, 0) is 26.2 Å². The van der Waals surface area contributed by atoms with Crippen LogP contribution in [0.25, 0.3) is 0 Å². The fraction of sp³-hybridized carbons (Fsp3) is 0.310. The van der Waals surface area contributed by atoms with Crippen LogP contribution in [0, 0.1) is 0 Å². The van der Waals surface area contributed by atoms with Crippen molar-refractivity contribution >= 4 is 55.1 Å². The summed E-state index contributed by atoms with van der Waals surface area (Å²) >= 11 is 9.62. The molecule has 8 nitrogen and oxygen atoms in total. The number of amides is 2. The molecule has 11 heteroatoms. The summed E-state index contributed by atoms with van der Waals surface area (Å²) in [5, 5.41) is 3.23. The lowest BCUT2D eigenvalue weighted by Gasteiger charge is -2.32. The van der Waals surface area contributed by atoms with Crippen molar-refractivity contribution in [3.05, 3.63) is 87.9 Å². The number of sulfonamides is 1. The number of rotatable bonds is 12. The Kier molecular flexibility index (Phi) is 11.0. The summed E-state index contributed by atoms with van der Waals surface area (Å²) in [5.41, 5.74) is 1.00. The molecule has 0 aromatic heterocycles. The maximum Gasteiger partial charge on any atom is 0.264 e. The highest BCUT2D eigenvalue weighted by Gasteiger charge is 2.33. The van der Waals surface area contributed by atoms with Gasteiger partial charge in [0.15, 0.2) is 0 Å². The van der Waals surface area contributed by atoms with Crippen LogP contribution < -0.4 is 14.4 Å². The molecule has 3 aromatic carbocycles. The summed E-state index contributed by atoms with van der Waals surface area (Å²) in [7, 11) is -2.72. The van der Waals surface area contributed by atoms with Crippen molar-refractivity contribution in [3.8, 4) is 5.75 Å². The first-order chi connectivity index (χ1) is 19.0. The zero-order chi connectivity index (χ0) is 29.4. The first-order valence-corrected chi connectivity index (χ1v) is 15.3. The minimum Gasteiger partial charge on any atom is -0.497 e. The van der Waals surface area contributed by atoms with Gasteiger partial charge in [-0.15, -0.1) is 0 Å². The van der Waals surface area contributed by atoms with Gasteiger partial charge in [0.2, 0.25) is 11.8 Å². The van der Waals surface area contributed by atoms with Crippen LogP contribution in [0.1, 0.15) is 32.8 Å². The van der Waals surface area contributed by atoms with Gasteiger partial charge in [0.05, 0.1) is 17.7 Å².